The first kappa shape index (κ1) is 19.6. The van der Waals surface area contributed by atoms with Crippen molar-refractivity contribution in [3.8, 4) is 11.1 Å². The summed E-state index contributed by atoms with van der Waals surface area (Å²) in [6.07, 6.45) is 6.26. The molecule has 8 heteroatoms. The van der Waals surface area contributed by atoms with E-state index in [-0.39, 0.29) is 12.3 Å². The number of imidazole rings is 1. The van der Waals surface area contributed by atoms with Gasteiger partial charge >= 0.3 is 0 Å². The summed E-state index contributed by atoms with van der Waals surface area (Å²) < 4.78 is 15.1. The van der Waals surface area contributed by atoms with Gasteiger partial charge in [-0.25, -0.2) is 14.4 Å². The van der Waals surface area contributed by atoms with Gasteiger partial charge in [0.05, 0.1) is 23.2 Å². The van der Waals surface area contributed by atoms with Crippen LogP contribution >= 0.6 is 0 Å². The number of alkyl halides is 1. The summed E-state index contributed by atoms with van der Waals surface area (Å²) in [5.74, 6) is -0.526. The molecule has 4 aromatic heterocycles. The lowest BCUT2D eigenvalue weighted by molar-refractivity contribution is -0.117. The van der Waals surface area contributed by atoms with Gasteiger partial charge in [-0.2, -0.15) is 0 Å². The van der Waals surface area contributed by atoms with E-state index < -0.39 is 18.2 Å². The standard InChI is InChI=1S/C23H22FN5O2/c1-3-20(30)18-6-12(2)16(11-26-18)14-7-13-10-27-21(28-23(31)15-8-17(15)24)9-19(13)29-5-4-25-22(14)29/h4-7,9-11,15,17,20,30H,3,8H2,1-2H3,(H,27,28,31)/t15-,17+,20-/m0/s1. The molecule has 0 unspecified atom stereocenters. The van der Waals surface area contributed by atoms with Crippen molar-refractivity contribution in [3.05, 3.63) is 54.2 Å². The molecule has 7 nitrogen and oxygen atoms in total. The Hall–Kier alpha value is -3.39. The van der Waals surface area contributed by atoms with E-state index in [0.717, 1.165) is 33.2 Å². The third-order valence-corrected chi connectivity index (χ3v) is 5.80. The summed E-state index contributed by atoms with van der Waals surface area (Å²) in [6.45, 7) is 3.90. The van der Waals surface area contributed by atoms with Crippen LogP contribution in [0.1, 0.15) is 37.1 Å². The molecule has 0 aliphatic heterocycles. The van der Waals surface area contributed by atoms with Gasteiger partial charge in [-0.1, -0.05) is 6.92 Å². The van der Waals surface area contributed by atoms with Gasteiger partial charge in [-0.3, -0.25) is 14.2 Å². The van der Waals surface area contributed by atoms with Gasteiger partial charge in [0.2, 0.25) is 5.91 Å². The first-order valence-corrected chi connectivity index (χ1v) is 10.3. The van der Waals surface area contributed by atoms with Gasteiger partial charge in [-0.15, -0.1) is 0 Å². The zero-order valence-electron chi connectivity index (χ0n) is 17.2. The van der Waals surface area contributed by atoms with Crippen molar-refractivity contribution in [2.24, 2.45) is 5.92 Å². The molecule has 4 heterocycles. The fourth-order valence-electron chi connectivity index (χ4n) is 3.86. The van der Waals surface area contributed by atoms with Crippen molar-refractivity contribution in [3.63, 3.8) is 0 Å². The highest BCUT2D eigenvalue weighted by Crippen LogP contribution is 2.35. The third-order valence-electron chi connectivity index (χ3n) is 5.80. The van der Waals surface area contributed by atoms with E-state index in [1.54, 1.807) is 24.7 Å². The normalized spacial score (nSPS) is 19.0. The first-order chi connectivity index (χ1) is 15.0. The number of nitrogens with one attached hydrogen (secondary N) is 1. The second-order valence-corrected chi connectivity index (χ2v) is 8.00. The Bertz CT molecular complexity index is 1320. The van der Waals surface area contributed by atoms with Crippen LogP contribution in [0.4, 0.5) is 10.2 Å². The number of fused-ring (bicyclic) bond motifs is 3. The molecule has 0 spiro atoms. The maximum absolute atomic E-state index is 13.2. The molecule has 1 amide bonds. The highest BCUT2D eigenvalue weighted by molar-refractivity contribution is 5.97. The Labute approximate surface area is 178 Å². The molecule has 158 valence electrons. The number of aliphatic hydroxyl groups excluding tert-OH is 1. The van der Waals surface area contributed by atoms with Crippen LogP contribution in [0.25, 0.3) is 27.7 Å². The van der Waals surface area contributed by atoms with Crippen molar-refractivity contribution < 1.29 is 14.3 Å². The molecule has 0 aromatic carbocycles. The zero-order valence-corrected chi connectivity index (χ0v) is 17.2. The number of carbonyl (C=O) groups excluding carboxylic acids is 1. The van der Waals surface area contributed by atoms with Crippen molar-refractivity contribution in [1.82, 2.24) is 19.4 Å². The van der Waals surface area contributed by atoms with Crippen LogP contribution < -0.4 is 5.32 Å². The summed E-state index contributed by atoms with van der Waals surface area (Å²) in [4.78, 5) is 25.4. The van der Waals surface area contributed by atoms with E-state index in [1.165, 1.54) is 0 Å². The van der Waals surface area contributed by atoms with Crippen LogP contribution in [-0.2, 0) is 4.79 Å². The molecule has 5 rings (SSSR count). The van der Waals surface area contributed by atoms with E-state index in [9.17, 15) is 14.3 Å². The van der Waals surface area contributed by atoms with Crippen LogP contribution in [-0.4, -0.2) is 36.5 Å². The van der Waals surface area contributed by atoms with Gasteiger partial charge in [-0.05, 0) is 37.5 Å². The predicted octanol–water partition coefficient (Wildman–Crippen LogP) is 3.99. The highest BCUT2D eigenvalue weighted by Gasteiger charge is 2.43. The van der Waals surface area contributed by atoms with Crippen LogP contribution in [0.2, 0.25) is 0 Å². The molecule has 31 heavy (non-hydrogen) atoms. The quantitative estimate of drug-likeness (QED) is 0.510. The van der Waals surface area contributed by atoms with E-state index in [4.69, 9.17) is 0 Å². The molecular formula is C23H22FN5O2. The summed E-state index contributed by atoms with van der Waals surface area (Å²) in [5.41, 5.74) is 5.04. The monoisotopic (exact) mass is 419 g/mol. The number of hydrogen-bond donors (Lipinski definition) is 2. The molecule has 1 fully saturated rings. The first-order valence-electron chi connectivity index (χ1n) is 10.3. The van der Waals surface area contributed by atoms with Crippen LogP contribution in [0.3, 0.4) is 0 Å². The summed E-state index contributed by atoms with van der Waals surface area (Å²) in [5, 5.41) is 13.7. The van der Waals surface area contributed by atoms with E-state index in [2.05, 4.69) is 20.3 Å². The molecule has 1 saturated carbocycles. The van der Waals surface area contributed by atoms with Crippen LogP contribution in [0.5, 0.6) is 0 Å². The van der Waals surface area contributed by atoms with Crippen molar-refractivity contribution in [2.45, 2.75) is 39.0 Å². The Morgan fingerprint density at radius 2 is 2.06 bits per heavy atom. The summed E-state index contributed by atoms with van der Waals surface area (Å²) >= 11 is 0. The second kappa shape index (κ2) is 7.39. The molecule has 0 radical (unpaired) electrons. The average molecular weight is 419 g/mol. The Kier molecular flexibility index (Phi) is 4.66. The molecule has 2 N–H and O–H groups in total. The molecule has 4 aromatic rings. The number of carbonyl (C=O) groups is 1. The molecule has 1 aliphatic carbocycles. The Balaban J connectivity index is 1.58. The second-order valence-electron chi connectivity index (χ2n) is 8.00. The molecule has 3 atom stereocenters. The van der Waals surface area contributed by atoms with E-state index in [1.807, 2.05) is 36.6 Å². The summed E-state index contributed by atoms with van der Waals surface area (Å²) in [6, 6.07) is 5.67. The molecule has 0 bridgehead atoms. The molecule has 0 saturated heterocycles. The number of aromatic nitrogens is 4. The smallest absolute Gasteiger partial charge is 0.231 e. The fourth-order valence-corrected chi connectivity index (χ4v) is 3.86. The number of aliphatic hydroxyl groups is 1. The Morgan fingerprint density at radius 3 is 2.77 bits per heavy atom. The predicted molar refractivity (Wildman–Crippen MR) is 115 cm³/mol. The minimum Gasteiger partial charge on any atom is -0.387 e. The van der Waals surface area contributed by atoms with Gasteiger partial charge < -0.3 is 10.4 Å². The number of rotatable bonds is 5. The van der Waals surface area contributed by atoms with Crippen molar-refractivity contribution >= 4 is 28.3 Å². The number of pyridine rings is 3. The van der Waals surface area contributed by atoms with Gasteiger partial charge in [0.25, 0.3) is 0 Å². The lowest BCUT2D eigenvalue weighted by Crippen LogP contribution is -2.16. The van der Waals surface area contributed by atoms with E-state index in [0.29, 0.717) is 17.9 Å². The number of nitrogens with zero attached hydrogens (tertiary/aromatic N) is 4. The van der Waals surface area contributed by atoms with Gasteiger partial charge in [0.15, 0.2) is 0 Å². The van der Waals surface area contributed by atoms with E-state index >= 15 is 0 Å². The molecular weight excluding hydrogens is 397 g/mol. The lowest BCUT2D eigenvalue weighted by atomic mass is 10.0. The SMILES string of the molecule is CC[C@H](O)c1cc(C)c(-c2cc3cnc(NC(=O)[C@H]4C[C@H]4F)cc3n3ccnc23)cn1. The summed E-state index contributed by atoms with van der Waals surface area (Å²) in [7, 11) is 0. The largest absolute Gasteiger partial charge is 0.387 e. The lowest BCUT2D eigenvalue weighted by Gasteiger charge is -2.14. The average Bonchev–Trinajstić information content (AvgIpc) is 3.30. The van der Waals surface area contributed by atoms with Crippen LogP contribution in [0, 0.1) is 12.8 Å². The number of anilines is 1. The maximum Gasteiger partial charge on any atom is 0.231 e. The van der Waals surface area contributed by atoms with Crippen LogP contribution in [0.15, 0.2) is 43.0 Å². The maximum atomic E-state index is 13.2. The minimum atomic E-state index is -1.05. The topological polar surface area (TPSA) is 92.4 Å². The number of hydrogen-bond acceptors (Lipinski definition) is 5. The third kappa shape index (κ3) is 3.42. The Morgan fingerprint density at radius 1 is 1.26 bits per heavy atom. The van der Waals surface area contributed by atoms with Crippen molar-refractivity contribution in [1.29, 1.82) is 0 Å². The van der Waals surface area contributed by atoms with Crippen molar-refractivity contribution in [2.75, 3.05) is 5.32 Å². The highest BCUT2D eigenvalue weighted by atomic mass is 19.1. The number of halogens is 1. The fraction of sp³-hybridized carbons (Fsp3) is 0.304. The number of amides is 1. The van der Waals surface area contributed by atoms with Gasteiger partial charge in [0.1, 0.15) is 17.6 Å². The molecule has 1 aliphatic rings. The van der Waals surface area contributed by atoms with Gasteiger partial charge in [0, 0.05) is 47.4 Å². The minimum absolute atomic E-state index is 0.274. The number of aryl methyl sites for hydroxylation is 1. The zero-order chi connectivity index (χ0) is 21.7.